The van der Waals surface area contributed by atoms with Gasteiger partial charge < -0.3 is 14.9 Å². The predicted molar refractivity (Wildman–Crippen MR) is 70.0 cm³/mol. The molecule has 1 aliphatic heterocycles. The third-order valence-corrected chi connectivity index (χ3v) is 5.06. The van der Waals surface area contributed by atoms with Gasteiger partial charge in [0, 0.05) is 20.2 Å². The number of nitrogens with two attached hydrogens (primary N) is 1. The second kappa shape index (κ2) is 6.04. The number of hydrogen-bond acceptors (Lipinski definition) is 5. The van der Waals surface area contributed by atoms with Crippen LogP contribution in [0.4, 0.5) is 0 Å². The van der Waals surface area contributed by atoms with Crippen LogP contribution in [-0.4, -0.2) is 39.5 Å². The lowest BCUT2D eigenvalue weighted by Crippen LogP contribution is -2.40. The number of nitrogens with zero attached hydrogens (tertiary/aromatic N) is 1. The molecule has 2 N–H and O–H groups in total. The van der Waals surface area contributed by atoms with Crippen molar-refractivity contribution in [3.63, 3.8) is 0 Å². The Hall–Kier alpha value is -0.890. The summed E-state index contributed by atoms with van der Waals surface area (Å²) in [6.07, 6.45) is 1.84. The molecule has 1 aromatic heterocycles. The van der Waals surface area contributed by atoms with E-state index in [-0.39, 0.29) is 17.6 Å². The SMILES string of the molecule is COCC1CCCN(S(=O)(=O)c2ccc(CN)o2)C1. The monoisotopic (exact) mass is 288 g/mol. The van der Waals surface area contributed by atoms with Crippen molar-refractivity contribution in [1.82, 2.24) is 4.31 Å². The van der Waals surface area contributed by atoms with Gasteiger partial charge in [-0.2, -0.15) is 4.31 Å². The molecule has 0 amide bonds. The van der Waals surface area contributed by atoms with E-state index in [2.05, 4.69) is 0 Å². The number of ether oxygens (including phenoxy) is 1. The van der Waals surface area contributed by atoms with E-state index in [1.165, 1.54) is 10.4 Å². The number of rotatable bonds is 5. The van der Waals surface area contributed by atoms with Crippen LogP contribution in [0.2, 0.25) is 0 Å². The van der Waals surface area contributed by atoms with Crippen LogP contribution >= 0.6 is 0 Å². The maximum absolute atomic E-state index is 12.4. The molecule has 6 nitrogen and oxygen atoms in total. The third kappa shape index (κ3) is 3.17. The Morgan fingerprint density at radius 2 is 2.32 bits per heavy atom. The molecule has 1 saturated heterocycles. The van der Waals surface area contributed by atoms with Crippen LogP contribution in [0.1, 0.15) is 18.6 Å². The summed E-state index contributed by atoms with van der Waals surface area (Å²) in [7, 11) is -1.91. The van der Waals surface area contributed by atoms with Gasteiger partial charge in [0.15, 0.2) is 0 Å². The highest BCUT2D eigenvalue weighted by Crippen LogP contribution is 2.25. The normalized spacial score (nSPS) is 21.7. The maximum atomic E-state index is 12.4. The van der Waals surface area contributed by atoms with Crippen molar-refractivity contribution in [1.29, 1.82) is 0 Å². The van der Waals surface area contributed by atoms with Crippen LogP contribution in [0, 0.1) is 5.92 Å². The zero-order valence-electron chi connectivity index (χ0n) is 11.0. The maximum Gasteiger partial charge on any atom is 0.276 e. The van der Waals surface area contributed by atoms with Crippen molar-refractivity contribution in [2.24, 2.45) is 11.7 Å². The largest absolute Gasteiger partial charge is 0.447 e. The second-order valence-electron chi connectivity index (χ2n) is 4.75. The van der Waals surface area contributed by atoms with Gasteiger partial charge in [0.2, 0.25) is 5.09 Å². The first-order chi connectivity index (χ1) is 9.07. The Morgan fingerprint density at radius 3 is 2.95 bits per heavy atom. The van der Waals surface area contributed by atoms with Gasteiger partial charge in [-0.1, -0.05) is 0 Å². The van der Waals surface area contributed by atoms with Crippen molar-refractivity contribution in [2.75, 3.05) is 26.8 Å². The van der Waals surface area contributed by atoms with Crippen LogP contribution in [0.25, 0.3) is 0 Å². The fraction of sp³-hybridized carbons (Fsp3) is 0.667. The minimum atomic E-state index is -3.55. The van der Waals surface area contributed by atoms with E-state index in [0.29, 0.717) is 25.5 Å². The molecule has 1 unspecified atom stereocenters. The van der Waals surface area contributed by atoms with Gasteiger partial charge >= 0.3 is 0 Å². The molecule has 0 spiro atoms. The van der Waals surface area contributed by atoms with E-state index in [0.717, 1.165) is 12.8 Å². The van der Waals surface area contributed by atoms with Crippen molar-refractivity contribution >= 4 is 10.0 Å². The smallest absolute Gasteiger partial charge is 0.276 e. The highest BCUT2D eigenvalue weighted by Gasteiger charge is 2.32. The molecule has 2 heterocycles. The van der Waals surface area contributed by atoms with Crippen LogP contribution < -0.4 is 5.73 Å². The minimum absolute atomic E-state index is 0.0222. The summed E-state index contributed by atoms with van der Waals surface area (Å²) in [5, 5.41) is -0.0222. The molecular weight excluding hydrogens is 268 g/mol. The van der Waals surface area contributed by atoms with Crippen molar-refractivity contribution in [3.8, 4) is 0 Å². The predicted octanol–water partition coefficient (Wildman–Crippen LogP) is 0.785. The lowest BCUT2D eigenvalue weighted by molar-refractivity contribution is 0.118. The summed E-state index contributed by atoms with van der Waals surface area (Å²) < 4.78 is 36.7. The van der Waals surface area contributed by atoms with Crippen molar-refractivity contribution < 1.29 is 17.6 Å². The fourth-order valence-electron chi connectivity index (χ4n) is 2.35. The van der Waals surface area contributed by atoms with E-state index in [4.69, 9.17) is 14.9 Å². The van der Waals surface area contributed by atoms with Gasteiger partial charge in [0.05, 0.1) is 13.2 Å². The Balaban J connectivity index is 2.14. The molecule has 0 radical (unpaired) electrons. The number of piperidine rings is 1. The Kier molecular flexibility index (Phi) is 4.62. The Morgan fingerprint density at radius 1 is 1.53 bits per heavy atom. The van der Waals surface area contributed by atoms with Crippen molar-refractivity contribution in [3.05, 3.63) is 17.9 Å². The van der Waals surface area contributed by atoms with Gasteiger partial charge in [0.1, 0.15) is 5.76 Å². The summed E-state index contributed by atoms with van der Waals surface area (Å²) in [4.78, 5) is 0. The summed E-state index contributed by atoms with van der Waals surface area (Å²) in [6, 6.07) is 3.07. The first-order valence-electron chi connectivity index (χ1n) is 6.35. The number of sulfonamides is 1. The molecule has 7 heteroatoms. The molecule has 19 heavy (non-hydrogen) atoms. The average molecular weight is 288 g/mol. The van der Waals surface area contributed by atoms with Crippen LogP contribution in [-0.2, 0) is 21.3 Å². The quantitative estimate of drug-likeness (QED) is 0.865. The van der Waals surface area contributed by atoms with Crippen molar-refractivity contribution in [2.45, 2.75) is 24.5 Å². The molecule has 2 rings (SSSR count). The summed E-state index contributed by atoms with van der Waals surface area (Å²) in [5.41, 5.74) is 5.43. The van der Waals surface area contributed by atoms with Gasteiger partial charge in [-0.15, -0.1) is 0 Å². The van der Waals surface area contributed by atoms with E-state index in [1.807, 2.05) is 0 Å². The van der Waals surface area contributed by atoms with Gasteiger partial charge in [-0.25, -0.2) is 8.42 Å². The third-order valence-electron chi connectivity index (χ3n) is 3.32. The summed E-state index contributed by atoms with van der Waals surface area (Å²) >= 11 is 0. The molecule has 1 fully saturated rings. The minimum Gasteiger partial charge on any atom is -0.447 e. The van der Waals surface area contributed by atoms with E-state index in [1.54, 1.807) is 13.2 Å². The fourth-order valence-corrected chi connectivity index (χ4v) is 3.83. The first kappa shape index (κ1) is 14.5. The van der Waals surface area contributed by atoms with E-state index < -0.39 is 10.0 Å². The molecule has 1 atom stereocenters. The van der Waals surface area contributed by atoms with Gasteiger partial charge in [0.25, 0.3) is 10.0 Å². The zero-order chi connectivity index (χ0) is 13.9. The zero-order valence-corrected chi connectivity index (χ0v) is 11.9. The van der Waals surface area contributed by atoms with Gasteiger partial charge in [-0.05, 0) is 30.9 Å². The summed E-state index contributed by atoms with van der Waals surface area (Å²) in [6.45, 7) is 1.79. The number of hydrogen-bond donors (Lipinski definition) is 1. The molecule has 108 valence electrons. The number of furan rings is 1. The van der Waals surface area contributed by atoms with Gasteiger partial charge in [-0.3, -0.25) is 0 Å². The highest BCUT2D eigenvalue weighted by atomic mass is 32.2. The first-order valence-corrected chi connectivity index (χ1v) is 7.79. The van der Waals surface area contributed by atoms with E-state index >= 15 is 0 Å². The second-order valence-corrected chi connectivity index (χ2v) is 6.62. The molecule has 1 aliphatic rings. The Labute approximate surface area is 113 Å². The van der Waals surface area contributed by atoms with E-state index in [9.17, 15) is 8.42 Å². The molecule has 0 bridgehead atoms. The lowest BCUT2D eigenvalue weighted by Gasteiger charge is -2.30. The molecular formula is C12H20N2O4S. The summed E-state index contributed by atoms with van der Waals surface area (Å²) in [5.74, 6) is 0.724. The number of methoxy groups -OCH3 is 1. The average Bonchev–Trinajstić information content (AvgIpc) is 2.89. The Bertz CT molecular complexity index is 510. The highest BCUT2D eigenvalue weighted by molar-refractivity contribution is 7.89. The molecule has 1 aromatic rings. The van der Waals surface area contributed by atoms with Crippen LogP contribution in [0.15, 0.2) is 21.6 Å². The topological polar surface area (TPSA) is 85.8 Å². The molecule has 0 aromatic carbocycles. The van der Waals surface area contributed by atoms with Crippen LogP contribution in [0.5, 0.6) is 0 Å². The molecule has 0 saturated carbocycles. The standard InChI is InChI=1S/C12H20N2O4S/c1-17-9-10-3-2-6-14(8-10)19(15,16)12-5-4-11(7-13)18-12/h4-5,10H,2-3,6-9,13H2,1H3. The van der Waals surface area contributed by atoms with Crippen LogP contribution in [0.3, 0.4) is 0 Å². The molecule has 0 aliphatic carbocycles. The lowest BCUT2D eigenvalue weighted by atomic mass is 10.0.